The number of nitrogens with zero attached hydrogens (tertiary/aromatic N) is 1. The highest BCUT2D eigenvalue weighted by atomic mass is 35.5. The van der Waals surface area contributed by atoms with Crippen LogP contribution in [-0.2, 0) is 66.0 Å². The Morgan fingerprint density at radius 2 is 1.20 bits per heavy atom. The normalized spacial score (nSPS) is 13.8. The maximum absolute atomic E-state index is 14.8. The molecule has 5 aromatic rings. The first-order chi connectivity index (χ1) is 42.0. The first kappa shape index (κ1) is 66.9. The number of aliphatic imine (C=N–C) groups is 1. The highest BCUT2D eigenvalue weighted by Gasteiger charge is 2.29. The number of aromatic hydroxyl groups is 1. The molecule has 0 heterocycles. The van der Waals surface area contributed by atoms with Crippen molar-refractivity contribution in [1.82, 2.24) is 37.2 Å². The first-order valence-corrected chi connectivity index (χ1v) is 29.3. The molecule has 6 rings (SSSR count). The van der Waals surface area contributed by atoms with E-state index in [1.807, 2.05) is 81.5 Å². The molecule has 0 bridgehead atoms. The second-order valence-corrected chi connectivity index (χ2v) is 21.4. The Kier molecular flexibility index (Phi) is 27.6. The zero-order chi connectivity index (χ0) is 62.3. The Hall–Kier alpha value is -9.21. The predicted molar refractivity (Wildman–Crippen MR) is 330 cm³/mol. The lowest BCUT2D eigenvalue weighted by Crippen LogP contribution is -2.56. The van der Waals surface area contributed by atoms with Crippen LogP contribution in [0.5, 0.6) is 5.75 Å². The van der Waals surface area contributed by atoms with Gasteiger partial charge >= 0.3 is 24.4 Å². The second kappa shape index (κ2) is 35.9. The molecule has 5 aromatic carbocycles. The van der Waals surface area contributed by atoms with E-state index in [1.54, 1.807) is 84.9 Å². The predicted octanol–water partition coefficient (Wildman–Crippen LogP) is 8.56. The van der Waals surface area contributed by atoms with Gasteiger partial charge in [-0.15, -0.1) is 0 Å². The third-order valence-corrected chi connectivity index (χ3v) is 14.6. The van der Waals surface area contributed by atoms with Gasteiger partial charge < -0.3 is 56.4 Å². The summed E-state index contributed by atoms with van der Waals surface area (Å²) in [5.41, 5.74) is 11.8. The van der Waals surface area contributed by atoms with E-state index in [9.17, 15) is 38.7 Å². The number of hydrogen-bond donors (Lipinski definition) is 9. The summed E-state index contributed by atoms with van der Waals surface area (Å²) in [5, 5.41) is 30.6. The summed E-state index contributed by atoms with van der Waals surface area (Å²) in [4.78, 5) is 99.0. The van der Waals surface area contributed by atoms with Crippen molar-refractivity contribution in [3.63, 3.8) is 0 Å². The van der Waals surface area contributed by atoms with Gasteiger partial charge in [-0.1, -0.05) is 146 Å². The molecule has 0 aromatic heterocycles. The van der Waals surface area contributed by atoms with Crippen molar-refractivity contribution in [2.24, 2.45) is 16.6 Å². The Bertz CT molecular complexity index is 3080. The highest BCUT2D eigenvalue weighted by molar-refractivity contribution is 6.31. The number of nitrogens with one attached hydrogen (secondary N) is 7. The molecule has 0 spiro atoms. The van der Waals surface area contributed by atoms with E-state index in [-0.39, 0.29) is 95.8 Å². The number of hydrogen-bond acceptors (Lipinski definition) is 14. The third kappa shape index (κ3) is 24.4. The molecule has 0 fully saturated rings. The maximum atomic E-state index is 14.8. The fraction of sp³-hybridized carbons (Fsp3) is 0.354. The van der Waals surface area contributed by atoms with Crippen LogP contribution in [0.2, 0.25) is 5.02 Å². The quantitative estimate of drug-likeness (QED) is 0.00902. The number of rotatable bonds is 30. The molecule has 0 aliphatic heterocycles. The van der Waals surface area contributed by atoms with Gasteiger partial charge in [-0.2, -0.15) is 0 Å². The lowest BCUT2D eigenvalue weighted by molar-refractivity contribution is -0.128. The van der Waals surface area contributed by atoms with Crippen molar-refractivity contribution in [3.8, 4) is 5.75 Å². The van der Waals surface area contributed by atoms with Crippen LogP contribution < -0.4 is 43.0 Å². The molecule has 22 heteroatoms. The standard InChI is InChI=1S/C65H78ClN9O12/c1-43-20-13-14-27-49(43)41-87-63(81)73-56(31-19-33-68-61(74-64(82)84-39-47-23-9-5-10-24-47)75-65(83)85-40-48-25-11-6-12-26-48)60(79)71-51(37-53-44(2)34-52(76)35-45(53)3)38-70-55(59(78)72-57(58(67)77)36-46-21-7-4-8-22-46)30-17-18-32-69-62(80)86-42-50-28-15-16-29-54(50)66/h4-16,21-29,34-35,43,51,55-57,70,76H,17-20,30-33,36-42H2,1-3H3,(H2,67,77)(H,69,80)(H,71,79)(H,72,78)(H,73,81)(H2,68,74,75,82,83)/t43?,51-,55-,56?,57-/m0/s1. The van der Waals surface area contributed by atoms with Gasteiger partial charge in [0.2, 0.25) is 23.7 Å². The number of ether oxygens (including phenoxy) is 4. The Balaban J connectivity index is 1.21. The number of primary amides is 1. The monoisotopic (exact) mass is 1210 g/mol. The number of phenolic OH excluding ortho intramolecular Hbond substituents is 1. The number of carbonyl (C=O) groups is 7. The molecule has 1 aliphatic carbocycles. The van der Waals surface area contributed by atoms with Gasteiger partial charge in [0.25, 0.3) is 0 Å². The van der Waals surface area contributed by atoms with Crippen LogP contribution in [0.1, 0.15) is 84.4 Å². The number of guanidine groups is 1. The van der Waals surface area contributed by atoms with E-state index in [2.05, 4.69) is 42.2 Å². The van der Waals surface area contributed by atoms with Gasteiger partial charge in [-0.05, 0) is 122 Å². The van der Waals surface area contributed by atoms with Crippen molar-refractivity contribution in [1.29, 1.82) is 0 Å². The smallest absolute Gasteiger partial charge is 0.414 e. The average molecular weight is 1210 g/mol. The van der Waals surface area contributed by atoms with E-state index in [4.69, 9.17) is 36.3 Å². The molecule has 2 unspecified atom stereocenters. The molecule has 7 amide bonds. The molecule has 21 nitrogen and oxygen atoms in total. The molecular formula is C65H78ClN9O12. The summed E-state index contributed by atoms with van der Waals surface area (Å²) < 4.78 is 21.8. The van der Waals surface area contributed by atoms with Gasteiger partial charge in [0.05, 0.1) is 6.04 Å². The number of aryl methyl sites for hydroxylation is 2. The minimum absolute atomic E-state index is 0.0292. The third-order valence-electron chi connectivity index (χ3n) is 14.2. The van der Waals surface area contributed by atoms with Crippen LogP contribution >= 0.6 is 11.6 Å². The Morgan fingerprint density at radius 3 is 1.80 bits per heavy atom. The number of allylic oxidation sites excluding steroid dienone is 3. The molecule has 87 heavy (non-hydrogen) atoms. The zero-order valence-electron chi connectivity index (χ0n) is 49.2. The van der Waals surface area contributed by atoms with Crippen LogP contribution in [0.3, 0.4) is 0 Å². The largest absolute Gasteiger partial charge is 0.508 e. The molecular weight excluding hydrogens is 1130 g/mol. The SMILES string of the molecule is Cc1cc(O)cc(C)c1C[C@@H](CN[C@@H](CCCCNC(=O)OCc1ccccc1Cl)C(=O)N[C@@H](Cc1ccccc1)C(N)=O)NC(=O)C(CCCN=C(NC(=O)OCc1ccccc1)NC(=O)OCc1ccccc1)NC(=O)OCC1=CC=CCC1C. The summed E-state index contributed by atoms with van der Waals surface area (Å²) >= 11 is 6.23. The van der Waals surface area contributed by atoms with Gasteiger partial charge in [0, 0.05) is 42.7 Å². The Labute approximate surface area is 512 Å². The molecule has 462 valence electrons. The van der Waals surface area contributed by atoms with Crippen LogP contribution in [0.15, 0.2) is 156 Å². The van der Waals surface area contributed by atoms with Gasteiger partial charge in [0.1, 0.15) is 44.3 Å². The molecule has 0 radical (unpaired) electrons. The van der Waals surface area contributed by atoms with E-state index < -0.39 is 66.3 Å². The first-order valence-electron chi connectivity index (χ1n) is 28.9. The molecule has 1 aliphatic rings. The highest BCUT2D eigenvalue weighted by Crippen LogP contribution is 2.23. The van der Waals surface area contributed by atoms with Crippen molar-refractivity contribution >= 4 is 59.7 Å². The van der Waals surface area contributed by atoms with Crippen molar-refractivity contribution in [2.45, 2.75) is 116 Å². The minimum Gasteiger partial charge on any atom is -0.508 e. The van der Waals surface area contributed by atoms with Crippen molar-refractivity contribution in [2.75, 3.05) is 26.2 Å². The summed E-state index contributed by atoms with van der Waals surface area (Å²) in [7, 11) is 0. The van der Waals surface area contributed by atoms with Crippen LogP contribution in [0.4, 0.5) is 19.2 Å². The number of nitrogens with two attached hydrogens (primary N) is 1. The Morgan fingerprint density at radius 1 is 0.632 bits per heavy atom. The van der Waals surface area contributed by atoms with Gasteiger partial charge in [-0.3, -0.25) is 30.0 Å². The van der Waals surface area contributed by atoms with Crippen LogP contribution in [-0.4, -0.2) is 104 Å². The van der Waals surface area contributed by atoms with E-state index >= 15 is 0 Å². The van der Waals surface area contributed by atoms with E-state index in [0.717, 1.165) is 45.4 Å². The number of amides is 7. The minimum atomic E-state index is -1.25. The van der Waals surface area contributed by atoms with E-state index in [1.165, 1.54) is 0 Å². The van der Waals surface area contributed by atoms with Crippen molar-refractivity contribution in [3.05, 3.63) is 195 Å². The summed E-state index contributed by atoms with van der Waals surface area (Å²) in [5.74, 6) is -2.04. The maximum Gasteiger partial charge on any atom is 0.414 e. The zero-order valence-corrected chi connectivity index (χ0v) is 49.9. The lowest BCUT2D eigenvalue weighted by Gasteiger charge is -2.28. The summed E-state index contributed by atoms with van der Waals surface area (Å²) in [6.07, 6.45) is 4.62. The topological polar surface area (TPSA) is 299 Å². The summed E-state index contributed by atoms with van der Waals surface area (Å²) in [6, 6.07) is 33.2. The second-order valence-electron chi connectivity index (χ2n) is 21.0. The molecule has 10 N–H and O–H groups in total. The number of halogens is 1. The number of alkyl carbamates (subject to hydrolysis) is 4. The number of unbranched alkanes of at least 4 members (excludes halogenated alkanes) is 1. The number of carbonyl (C=O) groups excluding carboxylic acids is 7. The van der Waals surface area contributed by atoms with Gasteiger partial charge in [-0.25, -0.2) is 19.2 Å². The van der Waals surface area contributed by atoms with Crippen molar-refractivity contribution < 1.29 is 57.6 Å². The fourth-order valence-corrected chi connectivity index (χ4v) is 9.52. The van der Waals surface area contributed by atoms with E-state index in [0.29, 0.717) is 23.4 Å². The lowest BCUT2D eigenvalue weighted by atomic mass is 9.94. The molecule has 5 atom stereocenters. The number of phenols is 1. The van der Waals surface area contributed by atoms with Crippen LogP contribution in [0, 0.1) is 19.8 Å². The molecule has 0 saturated carbocycles. The summed E-state index contributed by atoms with van der Waals surface area (Å²) in [6.45, 7) is 5.54. The number of benzene rings is 5. The average Bonchev–Trinajstić information content (AvgIpc) is 3.65. The molecule has 0 saturated heterocycles. The fourth-order valence-electron chi connectivity index (χ4n) is 9.33. The van der Waals surface area contributed by atoms with Gasteiger partial charge in [0.15, 0.2) is 0 Å². The van der Waals surface area contributed by atoms with Crippen LogP contribution in [0.25, 0.3) is 0 Å².